The van der Waals surface area contributed by atoms with Crippen molar-refractivity contribution in [3.05, 3.63) is 33.9 Å². The summed E-state index contributed by atoms with van der Waals surface area (Å²) in [5.41, 5.74) is 8.54. The van der Waals surface area contributed by atoms with Gasteiger partial charge in [-0.15, -0.1) is 0 Å². The molecular formula is C16H22. The van der Waals surface area contributed by atoms with E-state index < -0.39 is 0 Å². The minimum Gasteiger partial charge on any atom is -0.0587 e. The minimum absolute atomic E-state index is 0.711. The molecule has 0 radical (unpaired) electrons. The van der Waals surface area contributed by atoms with Crippen LogP contribution in [0.2, 0.25) is 0 Å². The maximum atomic E-state index is 2.53. The Hall–Kier alpha value is -0.780. The van der Waals surface area contributed by atoms with Gasteiger partial charge in [0, 0.05) is 0 Å². The molecule has 2 aliphatic rings. The third-order valence-corrected chi connectivity index (χ3v) is 4.49. The highest BCUT2D eigenvalue weighted by Gasteiger charge is 2.28. The summed E-state index contributed by atoms with van der Waals surface area (Å²) in [5.74, 6) is 1.51. The maximum absolute atomic E-state index is 2.53. The van der Waals surface area contributed by atoms with Gasteiger partial charge in [-0.1, -0.05) is 26.8 Å². The summed E-state index contributed by atoms with van der Waals surface area (Å²) in [6.07, 6.45) is 6.74. The molecule has 0 nitrogen and oxygen atoms in total. The Morgan fingerprint density at radius 3 is 2.69 bits per heavy atom. The Kier molecular flexibility index (Phi) is 2.34. The molecule has 1 aromatic rings. The number of hydrogen-bond donors (Lipinski definition) is 0. The van der Waals surface area contributed by atoms with Gasteiger partial charge in [0.15, 0.2) is 0 Å². The standard InChI is InChI=1S/C16H22/c1-10(2)15-14-6-4-5-12(14)9-13-8-7-11(3)16(13)15/h9-11H,4-8H2,1-3H3/t11-/m0/s1. The van der Waals surface area contributed by atoms with E-state index in [0.717, 1.165) is 5.92 Å². The number of benzene rings is 1. The molecule has 0 aliphatic heterocycles. The average Bonchev–Trinajstić information content (AvgIpc) is 2.82. The van der Waals surface area contributed by atoms with Crippen LogP contribution in [0, 0.1) is 0 Å². The highest BCUT2D eigenvalue weighted by molar-refractivity contribution is 5.52. The van der Waals surface area contributed by atoms with Gasteiger partial charge in [-0.05, 0) is 71.8 Å². The van der Waals surface area contributed by atoms with Crippen LogP contribution in [0.4, 0.5) is 0 Å². The normalized spacial score (nSPS) is 22.6. The van der Waals surface area contributed by atoms with Crippen molar-refractivity contribution in [2.75, 3.05) is 0 Å². The Morgan fingerprint density at radius 1 is 1.12 bits per heavy atom. The molecule has 0 aromatic heterocycles. The molecule has 86 valence electrons. The molecule has 0 saturated carbocycles. The number of aryl methyl sites for hydroxylation is 2. The fraction of sp³-hybridized carbons (Fsp3) is 0.625. The molecule has 0 saturated heterocycles. The van der Waals surface area contributed by atoms with Gasteiger partial charge in [-0.2, -0.15) is 0 Å². The lowest BCUT2D eigenvalue weighted by Crippen LogP contribution is -2.04. The van der Waals surface area contributed by atoms with E-state index >= 15 is 0 Å². The van der Waals surface area contributed by atoms with Gasteiger partial charge in [0.2, 0.25) is 0 Å². The molecule has 0 spiro atoms. The monoisotopic (exact) mass is 214 g/mol. The summed E-state index contributed by atoms with van der Waals surface area (Å²) in [4.78, 5) is 0. The molecule has 0 fully saturated rings. The van der Waals surface area contributed by atoms with Crippen LogP contribution in [-0.2, 0) is 19.3 Å². The van der Waals surface area contributed by atoms with Crippen molar-refractivity contribution >= 4 is 0 Å². The predicted octanol–water partition coefficient (Wildman–Crippen LogP) is 4.35. The quantitative estimate of drug-likeness (QED) is 0.652. The molecule has 0 heterocycles. The molecule has 0 amide bonds. The van der Waals surface area contributed by atoms with Gasteiger partial charge in [-0.3, -0.25) is 0 Å². The maximum Gasteiger partial charge on any atom is -0.0182 e. The first-order valence-corrected chi connectivity index (χ1v) is 6.86. The largest absolute Gasteiger partial charge is 0.0587 e. The second-order valence-electron chi connectivity index (χ2n) is 5.95. The first kappa shape index (κ1) is 10.4. The summed E-state index contributed by atoms with van der Waals surface area (Å²) in [6, 6.07) is 2.53. The van der Waals surface area contributed by atoms with Crippen molar-refractivity contribution in [3.8, 4) is 0 Å². The summed E-state index contributed by atoms with van der Waals surface area (Å²) in [7, 11) is 0. The van der Waals surface area contributed by atoms with Crippen molar-refractivity contribution in [1.82, 2.24) is 0 Å². The van der Waals surface area contributed by atoms with E-state index in [0.29, 0.717) is 5.92 Å². The fourth-order valence-electron chi connectivity index (χ4n) is 3.82. The topological polar surface area (TPSA) is 0 Å². The van der Waals surface area contributed by atoms with E-state index in [2.05, 4.69) is 26.8 Å². The first-order chi connectivity index (χ1) is 7.68. The Balaban J connectivity index is 2.26. The summed E-state index contributed by atoms with van der Waals surface area (Å²) in [5, 5.41) is 0. The van der Waals surface area contributed by atoms with Crippen LogP contribution in [0.25, 0.3) is 0 Å². The third kappa shape index (κ3) is 1.35. The SMILES string of the molecule is CC(C)c1c2c(cc3c1[C@@H](C)CC3)CCC2. The predicted molar refractivity (Wildman–Crippen MR) is 69.3 cm³/mol. The van der Waals surface area contributed by atoms with Crippen molar-refractivity contribution < 1.29 is 0 Å². The van der Waals surface area contributed by atoms with Crippen molar-refractivity contribution in [2.45, 2.75) is 64.7 Å². The fourth-order valence-corrected chi connectivity index (χ4v) is 3.82. The van der Waals surface area contributed by atoms with Gasteiger partial charge >= 0.3 is 0 Å². The molecule has 0 bridgehead atoms. The van der Waals surface area contributed by atoms with Crippen LogP contribution in [0.1, 0.15) is 73.3 Å². The third-order valence-electron chi connectivity index (χ3n) is 4.49. The van der Waals surface area contributed by atoms with Crippen LogP contribution in [0.3, 0.4) is 0 Å². The van der Waals surface area contributed by atoms with Crippen LogP contribution in [0.15, 0.2) is 6.07 Å². The summed E-state index contributed by atoms with van der Waals surface area (Å²) < 4.78 is 0. The molecule has 0 N–H and O–H groups in total. The zero-order chi connectivity index (χ0) is 11.3. The Labute approximate surface area is 99.1 Å². The lowest BCUT2D eigenvalue weighted by molar-refractivity contribution is 0.724. The lowest BCUT2D eigenvalue weighted by atomic mass is 9.85. The number of fused-ring (bicyclic) bond motifs is 2. The molecule has 16 heavy (non-hydrogen) atoms. The number of hydrogen-bond acceptors (Lipinski definition) is 0. The molecular weight excluding hydrogens is 192 g/mol. The lowest BCUT2D eigenvalue weighted by Gasteiger charge is -2.20. The minimum atomic E-state index is 0.711. The van der Waals surface area contributed by atoms with Crippen molar-refractivity contribution in [2.24, 2.45) is 0 Å². The van der Waals surface area contributed by atoms with Crippen LogP contribution in [-0.4, -0.2) is 0 Å². The molecule has 0 unspecified atom stereocenters. The molecule has 1 aromatic carbocycles. The molecule has 0 heteroatoms. The van der Waals surface area contributed by atoms with Crippen LogP contribution in [0.5, 0.6) is 0 Å². The van der Waals surface area contributed by atoms with Crippen LogP contribution >= 0.6 is 0 Å². The zero-order valence-corrected chi connectivity index (χ0v) is 10.8. The van der Waals surface area contributed by atoms with Crippen molar-refractivity contribution in [1.29, 1.82) is 0 Å². The highest BCUT2D eigenvalue weighted by Crippen LogP contribution is 2.43. The van der Waals surface area contributed by atoms with Crippen LogP contribution < -0.4 is 0 Å². The Bertz CT molecular complexity index is 426. The van der Waals surface area contributed by atoms with E-state index in [1.807, 2.05) is 0 Å². The first-order valence-electron chi connectivity index (χ1n) is 6.86. The van der Waals surface area contributed by atoms with Gasteiger partial charge in [0.05, 0.1) is 0 Å². The second kappa shape index (κ2) is 3.61. The van der Waals surface area contributed by atoms with E-state index in [4.69, 9.17) is 0 Å². The van der Waals surface area contributed by atoms with E-state index in [1.54, 1.807) is 27.8 Å². The Morgan fingerprint density at radius 2 is 1.94 bits per heavy atom. The van der Waals surface area contributed by atoms with E-state index in [1.165, 1.54) is 32.1 Å². The second-order valence-corrected chi connectivity index (χ2v) is 5.95. The van der Waals surface area contributed by atoms with Gasteiger partial charge in [-0.25, -0.2) is 0 Å². The summed E-state index contributed by atoms with van der Waals surface area (Å²) >= 11 is 0. The van der Waals surface area contributed by atoms with E-state index in [-0.39, 0.29) is 0 Å². The molecule has 1 atom stereocenters. The molecule has 3 rings (SSSR count). The highest BCUT2D eigenvalue weighted by atomic mass is 14.3. The zero-order valence-electron chi connectivity index (χ0n) is 10.8. The molecule has 2 aliphatic carbocycles. The van der Waals surface area contributed by atoms with Crippen molar-refractivity contribution in [3.63, 3.8) is 0 Å². The van der Waals surface area contributed by atoms with E-state index in [9.17, 15) is 0 Å². The average molecular weight is 214 g/mol. The van der Waals surface area contributed by atoms with Gasteiger partial charge in [0.25, 0.3) is 0 Å². The van der Waals surface area contributed by atoms with Gasteiger partial charge in [0.1, 0.15) is 0 Å². The summed E-state index contributed by atoms with van der Waals surface area (Å²) in [6.45, 7) is 7.16. The smallest absolute Gasteiger partial charge is 0.0182 e. The number of rotatable bonds is 1. The van der Waals surface area contributed by atoms with Gasteiger partial charge < -0.3 is 0 Å².